The lowest BCUT2D eigenvalue weighted by atomic mass is 10.1. The highest BCUT2D eigenvalue weighted by molar-refractivity contribution is 5.85. The molecular weight excluding hydrogens is 264 g/mol. The number of hydrogen-bond acceptors (Lipinski definition) is 3. The molecule has 0 radical (unpaired) electrons. The minimum atomic E-state index is -0.117. The number of rotatable bonds is 3. The molecule has 2 aromatic carbocycles. The van der Waals surface area contributed by atoms with Gasteiger partial charge in [-0.15, -0.1) is 0 Å². The van der Waals surface area contributed by atoms with Crippen molar-refractivity contribution in [1.82, 2.24) is 0 Å². The Morgan fingerprint density at radius 3 is 2.86 bits per heavy atom. The van der Waals surface area contributed by atoms with Crippen LogP contribution in [0.1, 0.15) is 18.4 Å². The Balaban J connectivity index is 1.73. The Hall–Kier alpha value is -2.02. The molecule has 3 heteroatoms. The van der Waals surface area contributed by atoms with E-state index in [4.69, 9.17) is 14.6 Å². The minimum Gasteiger partial charge on any atom is -0.491 e. The minimum absolute atomic E-state index is 0.117. The van der Waals surface area contributed by atoms with Crippen LogP contribution in [0.4, 0.5) is 0 Å². The molecule has 0 amide bonds. The first kappa shape index (κ1) is 13.9. The second-order valence-corrected chi connectivity index (χ2v) is 5.13. The van der Waals surface area contributed by atoms with Crippen molar-refractivity contribution in [3.8, 4) is 17.6 Å². The molecule has 0 spiro atoms. The second-order valence-electron chi connectivity index (χ2n) is 5.13. The van der Waals surface area contributed by atoms with Gasteiger partial charge < -0.3 is 14.6 Å². The average molecular weight is 282 g/mol. The number of fused-ring (bicyclic) bond motifs is 1. The highest BCUT2D eigenvalue weighted by Crippen LogP contribution is 2.23. The van der Waals surface area contributed by atoms with Crippen LogP contribution in [0.5, 0.6) is 5.75 Å². The summed E-state index contributed by atoms with van der Waals surface area (Å²) in [6.45, 7) is 1.35. The van der Waals surface area contributed by atoms with Crippen LogP contribution in [0.3, 0.4) is 0 Å². The summed E-state index contributed by atoms with van der Waals surface area (Å²) in [5.74, 6) is 6.44. The highest BCUT2D eigenvalue weighted by Gasteiger charge is 2.15. The van der Waals surface area contributed by atoms with Gasteiger partial charge in [0.2, 0.25) is 0 Å². The molecule has 1 aliphatic heterocycles. The molecule has 108 valence electrons. The number of hydrogen-bond donors (Lipinski definition) is 1. The maximum Gasteiger partial charge on any atom is 0.120 e. The van der Waals surface area contributed by atoms with Crippen molar-refractivity contribution in [2.45, 2.75) is 18.9 Å². The van der Waals surface area contributed by atoms with E-state index in [1.807, 2.05) is 36.4 Å². The summed E-state index contributed by atoms with van der Waals surface area (Å²) < 4.78 is 11.4. The van der Waals surface area contributed by atoms with Gasteiger partial charge in [-0.3, -0.25) is 0 Å². The Bertz CT molecular complexity index is 676. The van der Waals surface area contributed by atoms with Crippen molar-refractivity contribution in [1.29, 1.82) is 0 Å². The van der Waals surface area contributed by atoms with E-state index in [1.54, 1.807) is 0 Å². The van der Waals surface area contributed by atoms with Crippen molar-refractivity contribution in [2.75, 3.05) is 19.8 Å². The molecule has 1 saturated heterocycles. The third-order valence-corrected chi connectivity index (χ3v) is 3.58. The molecule has 1 heterocycles. The SMILES string of the molecule is OCC#Cc1ccc2cc(OCC3CCCO3)ccc2c1. The van der Waals surface area contributed by atoms with E-state index in [0.29, 0.717) is 6.61 Å². The van der Waals surface area contributed by atoms with E-state index in [2.05, 4.69) is 11.8 Å². The first-order valence-corrected chi connectivity index (χ1v) is 7.23. The summed E-state index contributed by atoms with van der Waals surface area (Å²) in [7, 11) is 0. The molecule has 1 N–H and O–H groups in total. The van der Waals surface area contributed by atoms with Gasteiger partial charge in [-0.25, -0.2) is 0 Å². The lowest BCUT2D eigenvalue weighted by Gasteiger charge is -2.12. The van der Waals surface area contributed by atoms with Gasteiger partial charge in [0.1, 0.15) is 19.0 Å². The number of aliphatic hydroxyl groups excluding tert-OH is 1. The standard InChI is InChI=1S/C18H18O3/c19-9-1-3-14-5-6-16-12-17(8-7-15(16)11-14)21-13-18-4-2-10-20-18/h5-8,11-12,18-19H,2,4,9-10,13H2. The maximum absolute atomic E-state index is 8.73. The highest BCUT2D eigenvalue weighted by atomic mass is 16.5. The van der Waals surface area contributed by atoms with Gasteiger partial charge in [-0.1, -0.05) is 24.0 Å². The van der Waals surface area contributed by atoms with Crippen molar-refractivity contribution in [2.24, 2.45) is 0 Å². The Kier molecular flexibility index (Phi) is 4.40. The molecule has 2 aromatic rings. The second kappa shape index (κ2) is 6.62. The largest absolute Gasteiger partial charge is 0.491 e. The summed E-state index contributed by atoms with van der Waals surface area (Å²) in [6, 6.07) is 12.0. The molecule has 1 atom stereocenters. The zero-order valence-electron chi connectivity index (χ0n) is 11.8. The first-order chi connectivity index (χ1) is 10.3. The molecular formula is C18H18O3. The van der Waals surface area contributed by atoms with Crippen molar-refractivity contribution >= 4 is 10.8 Å². The summed E-state index contributed by atoms with van der Waals surface area (Å²) >= 11 is 0. The number of ether oxygens (including phenoxy) is 2. The van der Waals surface area contributed by atoms with Gasteiger partial charge in [0.05, 0.1) is 6.10 Å². The van der Waals surface area contributed by atoms with Gasteiger partial charge in [-0.05, 0) is 47.9 Å². The fourth-order valence-corrected chi connectivity index (χ4v) is 2.50. The molecule has 3 rings (SSSR count). The molecule has 0 aromatic heterocycles. The summed E-state index contributed by atoms with van der Waals surface area (Å²) in [5.41, 5.74) is 0.907. The van der Waals surface area contributed by atoms with Gasteiger partial charge in [-0.2, -0.15) is 0 Å². The first-order valence-electron chi connectivity index (χ1n) is 7.23. The van der Waals surface area contributed by atoms with Crippen LogP contribution in [0.15, 0.2) is 36.4 Å². The lowest BCUT2D eigenvalue weighted by Crippen LogP contribution is -2.16. The van der Waals surface area contributed by atoms with Gasteiger partial charge >= 0.3 is 0 Å². The van der Waals surface area contributed by atoms with Gasteiger partial charge in [0.15, 0.2) is 0 Å². The predicted molar refractivity (Wildman–Crippen MR) is 82.4 cm³/mol. The molecule has 1 aliphatic rings. The molecule has 1 fully saturated rings. The van der Waals surface area contributed by atoms with E-state index in [9.17, 15) is 0 Å². The molecule has 21 heavy (non-hydrogen) atoms. The van der Waals surface area contributed by atoms with Crippen molar-refractivity contribution < 1.29 is 14.6 Å². The summed E-state index contributed by atoms with van der Waals surface area (Å²) in [6.07, 6.45) is 2.45. The van der Waals surface area contributed by atoms with Crippen LogP contribution in [-0.4, -0.2) is 31.0 Å². The summed E-state index contributed by atoms with van der Waals surface area (Å²) in [4.78, 5) is 0. The average Bonchev–Trinajstić information content (AvgIpc) is 3.04. The van der Waals surface area contributed by atoms with Crippen LogP contribution in [0.2, 0.25) is 0 Å². The van der Waals surface area contributed by atoms with E-state index < -0.39 is 0 Å². The molecule has 1 unspecified atom stereocenters. The van der Waals surface area contributed by atoms with Crippen LogP contribution in [-0.2, 0) is 4.74 Å². The van der Waals surface area contributed by atoms with E-state index >= 15 is 0 Å². The fourth-order valence-electron chi connectivity index (χ4n) is 2.50. The summed E-state index contributed by atoms with van der Waals surface area (Å²) in [5, 5.41) is 11.0. The molecule has 3 nitrogen and oxygen atoms in total. The molecule has 0 bridgehead atoms. The fraction of sp³-hybridized carbons (Fsp3) is 0.333. The third-order valence-electron chi connectivity index (χ3n) is 3.58. The zero-order valence-corrected chi connectivity index (χ0v) is 11.8. The quantitative estimate of drug-likeness (QED) is 0.880. The van der Waals surface area contributed by atoms with Crippen LogP contribution in [0.25, 0.3) is 10.8 Å². The zero-order chi connectivity index (χ0) is 14.5. The molecule has 0 saturated carbocycles. The van der Waals surface area contributed by atoms with E-state index in [-0.39, 0.29) is 12.7 Å². The van der Waals surface area contributed by atoms with Crippen LogP contribution in [0, 0.1) is 11.8 Å². The normalized spacial score (nSPS) is 17.5. The van der Waals surface area contributed by atoms with Crippen molar-refractivity contribution in [3.63, 3.8) is 0 Å². The Labute approximate surface area is 124 Å². The van der Waals surface area contributed by atoms with E-state index in [1.165, 1.54) is 0 Å². The van der Waals surface area contributed by atoms with Gasteiger partial charge in [0.25, 0.3) is 0 Å². The monoisotopic (exact) mass is 282 g/mol. The van der Waals surface area contributed by atoms with Crippen molar-refractivity contribution in [3.05, 3.63) is 42.0 Å². The third kappa shape index (κ3) is 3.55. The maximum atomic E-state index is 8.73. The number of aliphatic hydroxyl groups is 1. The predicted octanol–water partition coefficient (Wildman–Crippen LogP) is 2.74. The number of benzene rings is 2. The van der Waals surface area contributed by atoms with E-state index in [0.717, 1.165) is 41.5 Å². The Morgan fingerprint density at radius 2 is 2.05 bits per heavy atom. The molecule has 0 aliphatic carbocycles. The van der Waals surface area contributed by atoms with Crippen LogP contribution < -0.4 is 4.74 Å². The van der Waals surface area contributed by atoms with Crippen LogP contribution >= 0.6 is 0 Å². The Morgan fingerprint density at radius 1 is 1.19 bits per heavy atom. The lowest BCUT2D eigenvalue weighted by molar-refractivity contribution is 0.0680. The smallest absolute Gasteiger partial charge is 0.120 e. The van der Waals surface area contributed by atoms with Gasteiger partial charge in [0, 0.05) is 12.2 Å². The topological polar surface area (TPSA) is 38.7 Å².